The van der Waals surface area contributed by atoms with Crippen molar-refractivity contribution in [1.82, 2.24) is 0 Å². The quantitative estimate of drug-likeness (QED) is 0.438. The number of ether oxygens (including phenoxy) is 2. The molecule has 0 aliphatic rings. The Balaban J connectivity index is 2.37. The molecule has 0 saturated heterocycles. The average Bonchev–Trinajstić information content (AvgIpc) is 2.45. The van der Waals surface area contributed by atoms with Gasteiger partial charge in [-0.15, -0.1) is 0 Å². The molecule has 4 heteroatoms. The molecule has 1 aromatic rings. The average molecular weight is 290 g/mol. The van der Waals surface area contributed by atoms with E-state index in [1.54, 1.807) is 6.07 Å². The van der Waals surface area contributed by atoms with E-state index in [0.29, 0.717) is 5.75 Å². The van der Waals surface area contributed by atoms with E-state index in [-0.39, 0.29) is 19.4 Å². The van der Waals surface area contributed by atoms with E-state index in [9.17, 15) is 9.59 Å². The Hall–Kier alpha value is -2.10. The SMILES string of the molecule is CCc1ccccc1OC(=O)CCC(=O)OCC=C(C)C. The monoisotopic (exact) mass is 290 g/mol. The lowest BCUT2D eigenvalue weighted by atomic mass is 10.1. The van der Waals surface area contributed by atoms with Crippen LogP contribution in [0.4, 0.5) is 0 Å². The third kappa shape index (κ3) is 6.75. The van der Waals surface area contributed by atoms with E-state index in [0.717, 1.165) is 17.6 Å². The number of carbonyl (C=O) groups excluding carboxylic acids is 2. The van der Waals surface area contributed by atoms with Crippen LogP contribution < -0.4 is 4.74 Å². The summed E-state index contributed by atoms with van der Waals surface area (Å²) in [7, 11) is 0. The standard InChI is InChI=1S/C17H22O4/c1-4-14-7-5-6-8-15(14)21-17(19)10-9-16(18)20-12-11-13(2)3/h5-8,11H,4,9-10,12H2,1-3H3. The fraction of sp³-hybridized carbons (Fsp3) is 0.412. The van der Waals surface area contributed by atoms with Crippen molar-refractivity contribution in [1.29, 1.82) is 0 Å². The lowest BCUT2D eigenvalue weighted by molar-refractivity contribution is -0.146. The number of para-hydroxylation sites is 1. The molecule has 4 nitrogen and oxygen atoms in total. The van der Waals surface area contributed by atoms with Crippen LogP contribution in [0.15, 0.2) is 35.9 Å². The van der Waals surface area contributed by atoms with Crippen molar-refractivity contribution in [2.24, 2.45) is 0 Å². The van der Waals surface area contributed by atoms with E-state index in [2.05, 4.69) is 0 Å². The maximum absolute atomic E-state index is 11.7. The Morgan fingerprint density at radius 3 is 2.43 bits per heavy atom. The van der Waals surface area contributed by atoms with Crippen LogP contribution in [-0.4, -0.2) is 18.5 Å². The van der Waals surface area contributed by atoms with Gasteiger partial charge in [-0.3, -0.25) is 9.59 Å². The summed E-state index contributed by atoms with van der Waals surface area (Å²) in [5.74, 6) is -0.258. The minimum atomic E-state index is -0.421. The second-order valence-corrected chi connectivity index (χ2v) is 4.90. The highest BCUT2D eigenvalue weighted by Crippen LogP contribution is 2.19. The topological polar surface area (TPSA) is 52.6 Å². The highest BCUT2D eigenvalue weighted by Gasteiger charge is 2.11. The van der Waals surface area contributed by atoms with Crippen molar-refractivity contribution in [2.45, 2.75) is 40.0 Å². The Morgan fingerprint density at radius 2 is 1.76 bits per heavy atom. The lowest BCUT2D eigenvalue weighted by Crippen LogP contribution is -2.13. The van der Waals surface area contributed by atoms with E-state index < -0.39 is 11.9 Å². The molecular weight excluding hydrogens is 268 g/mol. The van der Waals surface area contributed by atoms with Gasteiger partial charge in [0.05, 0.1) is 12.8 Å². The first kappa shape index (κ1) is 17.0. The number of benzene rings is 1. The molecule has 114 valence electrons. The molecule has 0 radical (unpaired) electrons. The highest BCUT2D eigenvalue weighted by molar-refractivity contribution is 5.79. The molecule has 1 rings (SSSR count). The van der Waals surface area contributed by atoms with Gasteiger partial charge in [0, 0.05) is 0 Å². The molecule has 0 bridgehead atoms. The minimum absolute atomic E-state index is 0.0195. The molecule has 0 aliphatic carbocycles. The summed E-state index contributed by atoms with van der Waals surface area (Å²) in [5, 5.41) is 0. The molecule has 0 N–H and O–H groups in total. The Morgan fingerprint density at radius 1 is 1.10 bits per heavy atom. The van der Waals surface area contributed by atoms with Gasteiger partial charge in [0.2, 0.25) is 0 Å². The van der Waals surface area contributed by atoms with Crippen molar-refractivity contribution in [2.75, 3.05) is 6.61 Å². The molecule has 21 heavy (non-hydrogen) atoms. The number of esters is 2. The normalized spacial score (nSPS) is 9.86. The van der Waals surface area contributed by atoms with Crippen molar-refractivity contribution in [3.8, 4) is 5.75 Å². The number of hydrogen-bond donors (Lipinski definition) is 0. The molecular formula is C17H22O4. The predicted octanol–water partition coefficient (Wildman–Crippen LogP) is 3.44. The van der Waals surface area contributed by atoms with Crippen LogP contribution in [0.25, 0.3) is 0 Å². The number of allylic oxidation sites excluding steroid dienone is 1. The fourth-order valence-corrected chi connectivity index (χ4v) is 1.65. The van der Waals surface area contributed by atoms with Gasteiger partial charge in [0.15, 0.2) is 0 Å². The first-order valence-electron chi connectivity index (χ1n) is 7.10. The van der Waals surface area contributed by atoms with Gasteiger partial charge in [0.25, 0.3) is 0 Å². The van der Waals surface area contributed by atoms with Gasteiger partial charge < -0.3 is 9.47 Å². The smallest absolute Gasteiger partial charge is 0.311 e. The van der Waals surface area contributed by atoms with Gasteiger partial charge in [-0.1, -0.05) is 30.7 Å². The van der Waals surface area contributed by atoms with Gasteiger partial charge in [-0.2, -0.15) is 0 Å². The highest BCUT2D eigenvalue weighted by atomic mass is 16.5. The van der Waals surface area contributed by atoms with E-state index in [1.165, 1.54) is 0 Å². The number of hydrogen-bond acceptors (Lipinski definition) is 4. The molecule has 0 saturated carbocycles. The van der Waals surface area contributed by atoms with Crippen LogP contribution >= 0.6 is 0 Å². The number of carbonyl (C=O) groups is 2. The third-order valence-electron chi connectivity index (χ3n) is 2.85. The number of rotatable bonds is 7. The Labute approximate surface area is 125 Å². The Kier molecular flexibility index (Phi) is 7.23. The molecule has 0 fully saturated rings. The van der Waals surface area contributed by atoms with Crippen molar-refractivity contribution in [3.63, 3.8) is 0 Å². The molecule has 0 spiro atoms. The molecule has 0 atom stereocenters. The first-order chi connectivity index (χ1) is 10.0. The number of aryl methyl sites for hydroxylation is 1. The van der Waals surface area contributed by atoms with E-state index in [1.807, 2.05) is 45.0 Å². The summed E-state index contributed by atoms with van der Waals surface area (Å²) in [4.78, 5) is 23.2. The van der Waals surface area contributed by atoms with Crippen LogP contribution in [0.5, 0.6) is 5.75 Å². The van der Waals surface area contributed by atoms with Crippen LogP contribution in [0.2, 0.25) is 0 Å². The summed E-state index contributed by atoms with van der Waals surface area (Å²) < 4.78 is 10.2. The molecule has 0 amide bonds. The van der Waals surface area contributed by atoms with Gasteiger partial charge in [-0.25, -0.2) is 0 Å². The van der Waals surface area contributed by atoms with Crippen molar-refractivity contribution < 1.29 is 19.1 Å². The first-order valence-corrected chi connectivity index (χ1v) is 7.10. The zero-order valence-electron chi connectivity index (χ0n) is 12.8. The van der Waals surface area contributed by atoms with E-state index in [4.69, 9.17) is 9.47 Å². The summed E-state index contributed by atoms with van der Waals surface area (Å²) in [5.41, 5.74) is 2.05. The molecule has 0 aromatic heterocycles. The fourth-order valence-electron chi connectivity index (χ4n) is 1.65. The molecule has 0 heterocycles. The molecule has 1 aromatic carbocycles. The zero-order valence-corrected chi connectivity index (χ0v) is 12.8. The van der Waals surface area contributed by atoms with Gasteiger partial charge in [-0.05, 0) is 38.0 Å². The predicted molar refractivity (Wildman–Crippen MR) is 81.1 cm³/mol. The largest absolute Gasteiger partial charge is 0.461 e. The summed E-state index contributed by atoms with van der Waals surface area (Å²) in [6.07, 6.45) is 2.65. The molecule has 0 aliphatic heterocycles. The van der Waals surface area contributed by atoms with E-state index >= 15 is 0 Å². The third-order valence-corrected chi connectivity index (χ3v) is 2.85. The maximum atomic E-state index is 11.7. The Bertz CT molecular complexity index is 513. The maximum Gasteiger partial charge on any atom is 0.311 e. The van der Waals surface area contributed by atoms with Crippen LogP contribution in [0.3, 0.4) is 0 Å². The summed E-state index contributed by atoms with van der Waals surface area (Å²) >= 11 is 0. The van der Waals surface area contributed by atoms with Crippen LogP contribution in [0.1, 0.15) is 39.2 Å². The minimum Gasteiger partial charge on any atom is -0.461 e. The summed E-state index contributed by atoms with van der Waals surface area (Å²) in [6.45, 7) is 6.09. The second kappa shape index (κ2) is 8.95. The van der Waals surface area contributed by atoms with Crippen LogP contribution in [-0.2, 0) is 20.7 Å². The zero-order chi connectivity index (χ0) is 15.7. The second-order valence-electron chi connectivity index (χ2n) is 4.90. The molecule has 0 unspecified atom stereocenters. The van der Waals surface area contributed by atoms with Crippen molar-refractivity contribution in [3.05, 3.63) is 41.5 Å². The van der Waals surface area contributed by atoms with Gasteiger partial charge >= 0.3 is 11.9 Å². The summed E-state index contributed by atoms with van der Waals surface area (Å²) in [6, 6.07) is 7.38. The van der Waals surface area contributed by atoms with Crippen molar-refractivity contribution >= 4 is 11.9 Å². The van der Waals surface area contributed by atoms with Crippen LogP contribution in [0, 0.1) is 0 Å². The lowest BCUT2D eigenvalue weighted by Gasteiger charge is -2.08. The van der Waals surface area contributed by atoms with Gasteiger partial charge in [0.1, 0.15) is 12.4 Å².